The number of carbonyl (C=O) groups excluding carboxylic acids is 1. The van der Waals surface area contributed by atoms with Crippen LogP contribution in [0, 0.1) is 10.1 Å². The molecule has 0 saturated carbocycles. The van der Waals surface area contributed by atoms with Crippen molar-refractivity contribution >= 4 is 46.1 Å². The topological polar surface area (TPSA) is 122 Å². The quantitative estimate of drug-likeness (QED) is 0.317. The predicted molar refractivity (Wildman–Crippen MR) is 93.9 cm³/mol. The highest BCUT2D eigenvalue weighted by molar-refractivity contribution is 7.85. The molecule has 0 amide bonds. The lowest BCUT2D eigenvalue weighted by atomic mass is 10.2. The second kappa shape index (κ2) is 7.58. The molecule has 25 heavy (non-hydrogen) atoms. The number of nitrogens with one attached hydrogen (secondary N) is 1. The maximum atomic E-state index is 11.6. The summed E-state index contributed by atoms with van der Waals surface area (Å²) in [5.41, 5.74) is -0.365. The number of aromatic nitrogens is 2. The summed E-state index contributed by atoms with van der Waals surface area (Å²) in [6.07, 6.45) is 0.786. The Labute approximate surface area is 151 Å². The van der Waals surface area contributed by atoms with Crippen LogP contribution in [0.5, 0.6) is 0 Å². The molecule has 1 N–H and O–H groups in total. The van der Waals surface area contributed by atoms with E-state index in [-0.39, 0.29) is 22.6 Å². The lowest BCUT2D eigenvalue weighted by molar-refractivity contribution is -0.384. The third-order valence-electron chi connectivity index (χ3n) is 4.17. The summed E-state index contributed by atoms with van der Waals surface area (Å²) in [6, 6.07) is -0.465. The molecule has 1 atom stereocenters. The number of piperazine rings is 1. The van der Waals surface area contributed by atoms with Gasteiger partial charge in [-0.05, 0) is 0 Å². The van der Waals surface area contributed by atoms with E-state index in [0.29, 0.717) is 44.2 Å². The molecule has 0 bridgehead atoms. The lowest BCUT2D eigenvalue weighted by Crippen LogP contribution is -2.53. The monoisotopic (exact) mass is 388 g/mol. The number of nitro groups is 1. The molecule has 3 rings (SSSR count). The van der Waals surface area contributed by atoms with Crippen LogP contribution in [0.1, 0.15) is 0 Å². The smallest absolute Gasteiger partial charge is 0.348 e. The van der Waals surface area contributed by atoms with E-state index in [1.165, 1.54) is 0 Å². The summed E-state index contributed by atoms with van der Waals surface area (Å²) in [6.45, 7) is 2.35. The van der Waals surface area contributed by atoms with E-state index in [2.05, 4.69) is 15.3 Å². The van der Waals surface area contributed by atoms with Crippen molar-refractivity contribution in [3.05, 3.63) is 15.3 Å². The van der Waals surface area contributed by atoms with Gasteiger partial charge in [0.1, 0.15) is 6.29 Å². The molecule has 2 aliphatic heterocycles. The highest BCUT2D eigenvalue weighted by atomic mass is 35.5. The first-order chi connectivity index (χ1) is 12.0. The Hall–Kier alpha value is -1.85. The standard InChI is InChI=1S/C13H17ClN6O4S/c14-11-10(20(22)23)12(18-3-5-25(24)6-4-18)17-13(16-11)19-2-1-15-7-9(19)8-21/h8-9,15H,1-7H2. The number of nitrogens with zero attached hydrogens (tertiary/aromatic N) is 5. The Morgan fingerprint density at radius 1 is 1.32 bits per heavy atom. The largest absolute Gasteiger partial charge is 0.349 e. The van der Waals surface area contributed by atoms with Crippen LogP contribution >= 0.6 is 11.6 Å². The molecular formula is C13H17ClN6O4S. The van der Waals surface area contributed by atoms with E-state index < -0.39 is 21.8 Å². The Kier molecular flexibility index (Phi) is 5.45. The Balaban J connectivity index is 2.02. The van der Waals surface area contributed by atoms with Crippen LogP contribution in [-0.2, 0) is 15.6 Å². The van der Waals surface area contributed by atoms with Crippen molar-refractivity contribution in [1.82, 2.24) is 15.3 Å². The van der Waals surface area contributed by atoms with Crippen LogP contribution in [0.4, 0.5) is 17.5 Å². The van der Waals surface area contributed by atoms with Crippen LogP contribution in [-0.4, -0.2) is 75.7 Å². The summed E-state index contributed by atoms with van der Waals surface area (Å²) in [4.78, 5) is 33.9. The fourth-order valence-corrected chi connectivity index (χ4v) is 4.14. The first-order valence-electron chi connectivity index (χ1n) is 7.75. The fourth-order valence-electron chi connectivity index (χ4n) is 2.86. The fraction of sp³-hybridized carbons (Fsp3) is 0.615. The number of carbonyl (C=O) groups is 1. The normalized spacial score (nSPS) is 22.0. The molecule has 1 unspecified atom stereocenters. The highest BCUT2D eigenvalue weighted by Gasteiger charge is 2.32. The van der Waals surface area contributed by atoms with Crippen LogP contribution < -0.4 is 15.1 Å². The second-order valence-corrected chi connectivity index (χ2v) is 7.73. The van der Waals surface area contributed by atoms with Gasteiger partial charge in [-0.1, -0.05) is 11.6 Å². The van der Waals surface area contributed by atoms with Crippen molar-refractivity contribution in [1.29, 1.82) is 0 Å². The van der Waals surface area contributed by atoms with Gasteiger partial charge in [-0.3, -0.25) is 14.3 Å². The number of hydrogen-bond donors (Lipinski definition) is 1. The number of aldehydes is 1. The average molecular weight is 389 g/mol. The van der Waals surface area contributed by atoms with E-state index >= 15 is 0 Å². The first-order valence-corrected chi connectivity index (χ1v) is 9.62. The van der Waals surface area contributed by atoms with Gasteiger partial charge in [0.15, 0.2) is 0 Å². The molecule has 0 aromatic carbocycles. The summed E-state index contributed by atoms with van der Waals surface area (Å²) in [7, 11) is -0.927. The average Bonchev–Trinajstić information content (AvgIpc) is 2.61. The van der Waals surface area contributed by atoms with Gasteiger partial charge in [-0.25, -0.2) is 0 Å². The molecule has 3 heterocycles. The van der Waals surface area contributed by atoms with Gasteiger partial charge < -0.3 is 19.9 Å². The van der Waals surface area contributed by atoms with Crippen molar-refractivity contribution in [2.45, 2.75) is 6.04 Å². The van der Waals surface area contributed by atoms with Crippen molar-refractivity contribution in [2.24, 2.45) is 0 Å². The molecule has 2 aliphatic rings. The molecule has 2 fully saturated rings. The zero-order chi connectivity index (χ0) is 18.0. The number of hydrogen-bond acceptors (Lipinski definition) is 9. The van der Waals surface area contributed by atoms with Gasteiger partial charge in [0.25, 0.3) is 0 Å². The van der Waals surface area contributed by atoms with Gasteiger partial charge in [0.05, 0.1) is 11.0 Å². The summed E-state index contributed by atoms with van der Waals surface area (Å²) in [5.74, 6) is 1.13. The Bertz CT molecular complexity index is 710. The molecule has 2 saturated heterocycles. The van der Waals surface area contributed by atoms with Crippen LogP contribution in [0.25, 0.3) is 0 Å². The molecule has 136 valence electrons. The number of rotatable bonds is 4. The molecule has 12 heteroatoms. The number of halogens is 1. The Morgan fingerprint density at radius 3 is 2.68 bits per heavy atom. The zero-order valence-electron chi connectivity index (χ0n) is 13.3. The van der Waals surface area contributed by atoms with E-state index in [0.717, 1.165) is 6.29 Å². The third-order valence-corrected chi connectivity index (χ3v) is 5.71. The molecule has 1 aromatic heterocycles. The molecule has 0 spiro atoms. The van der Waals surface area contributed by atoms with Crippen molar-refractivity contribution in [2.75, 3.05) is 54.0 Å². The zero-order valence-corrected chi connectivity index (χ0v) is 14.8. The third kappa shape index (κ3) is 3.72. The maximum absolute atomic E-state index is 11.6. The van der Waals surface area contributed by atoms with E-state index in [9.17, 15) is 19.1 Å². The predicted octanol–water partition coefficient (Wildman–Crippen LogP) is -0.416. The van der Waals surface area contributed by atoms with Gasteiger partial charge in [-0.2, -0.15) is 9.97 Å². The maximum Gasteiger partial charge on any atom is 0.348 e. The van der Waals surface area contributed by atoms with Gasteiger partial charge in [0, 0.05) is 55.0 Å². The highest BCUT2D eigenvalue weighted by Crippen LogP contribution is 2.35. The van der Waals surface area contributed by atoms with E-state index in [1.54, 1.807) is 9.80 Å². The number of anilines is 2. The van der Waals surface area contributed by atoms with Gasteiger partial charge >= 0.3 is 5.69 Å². The molecular weight excluding hydrogens is 372 g/mol. The van der Waals surface area contributed by atoms with Crippen LogP contribution in [0.3, 0.4) is 0 Å². The first kappa shape index (κ1) is 18.0. The van der Waals surface area contributed by atoms with Crippen molar-refractivity contribution < 1.29 is 13.9 Å². The SMILES string of the molecule is O=CC1CNCCN1c1nc(Cl)c([N+](=O)[O-])c(N2CCS(=O)CC2)n1. The molecule has 0 aliphatic carbocycles. The van der Waals surface area contributed by atoms with Crippen LogP contribution in [0.2, 0.25) is 5.15 Å². The van der Waals surface area contributed by atoms with Gasteiger partial charge in [0.2, 0.25) is 16.9 Å². The summed E-state index contributed by atoms with van der Waals surface area (Å²) in [5, 5.41) is 14.3. The summed E-state index contributed by atoms with van der Waals surface area (Å²) < 4.78 is 11.6. The van der Waals surface area contributed by atoms with Crippen LogP contribution in [0.15, 0.2) is 0 Å². The molecule has 10 nitrogen and oxygen atoms in total. The summed E-state index contributed by atoms with van der Waals surface area (Å²) >= 11 is 6.08. The van der Waals surface area contributed by atoms with Gasteiger partial charge in [-0.15, -0.1) is 0 Å². The van der Waals surface area contributed by atoms with E-state index in [4.69, 9.17) is 11.6 Å². The van der Waals surface area contributed by atoms with E-state index in [1.807, 2.05) is 0 Å². The van der Waals surface area contributed by atoms with Crippen molar-refractivity contribution in [3.63, 3.8) is 0 Å². The molecule has 1 aromatic rings. The minimum atomic E-state index is -0.927. The molecule has 0 radical (unpaired) electrons. The lowest BCUT2D eigenvalue weighted by Gasteiger charge is -2.34. The Morgan fingerprint density at radius 2 is 2.04 bits per heavy atom. The minimum absolute atomic E-state index is 0.111. The minimum Gasteiger partial charge on any atom is -0.349 e. The second-order valence-electron chi connectivity index (χ2n) is 5.68. The van der Waals surface area contributed by atoms with Crippen molar-refractivity contribution in [3.8, 4) is 0 Å².